The zero-order chi connectivity index (χ0) is 10.3. The van der Waals surface area contributed by atoms with Crippen molar-refractivity contribution in [2.45, 2.75) is 13.0 Å². The molecule has 0 saturated heterocycles. The SMILES string of the molecule is C1=CC(CCOCc2ccccc2)C=N1. The van der Waals surface area contributed by atoms with Gasteiger partial charge in [0.2, 0.25) is 0 Å². The van der Waals surface area contributed by atoms with Crippen molar-refractivity contribution in [2.75, 3.05) is 6.61 Å². The van der Waals surface area contributed by atoms with Gasteiger partial charge in [0.25, 0.3) is 0 Å². The van der Waals surface area contributed by atoms with Crippen molar-refractivity contribution in [1.82, 2.24) is 0 Å². The fraction of sp³-hybridized carbons (Fsp3) is 0.308. The molecule has 0 spiro atoms. The lowest BCUT2D eigenvalue weighted by Gasteiger charge is -2.05. The maximum atomic E-state index is 5.59. The lowest BCUT2D eigenvalue weighted by atomic mass is 10.1. The molecule has 0 amide bonds. The van der Waals surface area contributed by atoms with Crippen molar-refractivity contribution in [3.8, 4) is 0 Å². The minimum atomic E-state index is 0.473. The molecule has 1 aliphatic heterocycles. The number of allylic oxidation sites excluding steroid dienone is 1. The zero-order valence-corrected chi connectivity index (χ0v) is 8.67. The quantitative estimate of drug-likeness (QED) is 0.671. The molecule has 78 valence electrons. The van der Waals surface area contributed by atoms with Gasteiger partial charge in [0.05, 0.1) is 6.61 Å². The molecular formula is C13H15NO. The van der Waals surface area contributed by atoms with Gasteiger partial charge >= 0.3 is 0 Å². The summed E-state index contributed by atoms with van der Waals surface area (Å²) in [5.74, 6) is 0.473. The van der Waals surface area contributed by atoms with Gasteiger partial charge in [-0.25, -0.2) is 0 Å². The van der Waals surface area contributed by atoms with Crippen molar-refractivity contribution < 1.29 is 4.74 Å². The summed E-state index contributed by atoms with van der Waals surface area (Å²) < 4.78 is 5.59. The number of hydrogen-bond acceptors (Lipinski definition) is 2. The van der Waals surface area contributed by atoms with E-state index in [-0.39, 0.29) is 0 Å². The third kappa shape index (κ3) is 3.33. The van der Waals surface area contributed by atoms with Crippen LogP contribution in [0.2, 0.25) is 0 Å². The molecule has 0 aliphatic carbocycles. The van der Waals surface area contributed by atoms with Gasteiger partial charge in [-0.2, -0.15) is 0 Å². The first-order valence-corrected chi connectivity index (χ1v) is 5.27. The maximum absolute atomic E-state index is 5.59. The predicted octanol–water partition coefficient (Wildman–Crippen LogP) is 2.81. The van der Waals surface area contributed by atoms with Gasteiger partial charge in [0.1, 0.15) is 0 Å². The predicted molar refractivity (Wildman–Crippen MR) is 61.8 cm³/mol. The minimum absolute atomic E-state index is 0.473. The van der Waals surface area contributed by atoms with Crippen LogP contribution < -0.4 is 0 Å². The molecule has 1 aromatic carbocycles. The third-order valence-electron chi connectivity index (χ3n) is 2.40. The van der Waals surface area contributed by atoms with E-state index >= 15 is 0 Å². The highest BCUT2D eigenvalue weighted by molar-refractivity contribution is 5.66. The summed E-state index contributed by atoms with van der Waals surface area (Å²) in [5, 5.41) is 0. The van der Waals surface area contributed by atoms with Crippen molar-refractivity contribution in [3.63, 3.8) is 0 Å². The summed E-state index contributed by atoms with van der Waals surface area (Å²) in [6.45, 7) is 1.49. The van der Waals surface area contributed by atoms with Crippen LogP contribution in [-0.2, 0) is 11.3 Å². The second-order valence-corrected chi connectivity index (χ2v) is 3.63. The molecule has 2 heteroatoms. The molecule has 2 rings (SSSR count). The normalized spacial score (nSPS) is 18.5. The van der Waals surface area contributed by atoms with Gasteiger partial charge in [-0.3, -0.25) is 4.99 Å². The van der Waals surface area contributed by atoms with Crippen molar-refractivity contribution >= 4 is 6.21 Å². The molecule has 1 atom stereocenters. The average Bonchev–Trinajstić information content (AvgIpc) is 2.79. The Hall–Kier alpha value is -1.41. The summed E-state index contributed by atoms with van der Waals surface area (Å²) in [6, 6.07) is 10.2. The largest absolute Gasteiger partial charge is 0.377 e. The average molecular weight is 201 g/mol. The van der Waals surface area contributed by atoms with Crippen LogP contribution in [-0.4, -0.2) is 12.8 Å². The molecule has 0 radical (unpaired) electrons. The number of ether oxygens (including phenoxy) is 1. The molecule has 1 aliphatic rings. The van der Waals surface area contributed by atoms with E-state index < -0.39 is 0 Å². The van der Waals surface area contributed by atoms with Gasteiger partial charge in [0, 0.05) is 24.9 Å². The highest BCUT2D eigenvalue weighted by Gasteiger charge is 2.04. The molecular weight excluding hydrogens is 186 g/mol. The van der Waals surface area contributed by atoms with E-state index in [1.165, 1.54) is 5.56 Å². The smallest absolute Gasteiger partial charge is 0.0716 e. The Labute approximate surface area is 90.3 Å². The summed E-state index contributed by atoms with van der Waals surface area (Å²) in [7, 11) is 0. The number of rotatable bonds is 5. The topological polar surface area (TPSA) is 21.6 Å². The monoisotopic (exact) mass is 201 g/mol. The highest BCUT2D eigenvalue weighted by atomic mass is 16.5. The van der Waals surface area contributed by atoms with Gasteiger partial charge < -0.3 is 4.74 Å². The Morgan fingerprint density at radius 3 is 2.80 bits per heavy atom. The highest BCUT2D eigenvalue weighted by Crippen LogP contribution is 2.09. The third-order valence-corrected chi connectivity index (χ3v) is 2.40. The van der Waals surface area contributed by atoms with E-state index in [0.717, 1.165) is 13.0 Å². The fourth-order valence-electron chi connectivity index (χ4n) is 1.52. The van der Waals surface area contributed by atoms with Crippen molar-refractivity contribution in [2.24, 2.45) is 10.9 Å². The van der Waals surface area contributed by atoms with Crippen LogP contribution in [0.3, 0.4) is 0 Å². The van der Waals surface area contributed by atoms with E-state index in [1.807, 2.05) is 30.6 Å². The van der Waals surface area contributed by atoms with Gasteiger partial charge in [-0.15, -0.1) is 0 Å². The Morgan fingerprint density at radius 1 is 1.20 bits per heavy atom. The van der Waals surface area contributed by atoms with Crippen LogP contribution in [0.1, 0.15) is 12.0 Å². The molecule has 0 saturated carbocycles. The number of aliphatic imine (C=N–C) groups is 1. The summed E-state index contributed by atoms with van der Waals surface area (Å²) in [6.07, 6.45) is 6.94. The molecule has 1 unspecified atom stereocenters. The standard InChI is InChI=1S/C13H15NO/c1-2-4-13(5-3-1)11-15-9-7-12-6-8-14-10-12/h1-6,8,10,12H,7,9,11H2. The van der Waals surface area contributed by atoms with Crippen LogP contribution in [0.5, 0.6) is 0 Å². The van der Waals surface area contributed by atoms with E-state index in [0.29, 0.717) is 12.5 Å². The Bertz CT molecular complexity index is 331. The van der Waals surface area contributed by atoms with Crippen molar-refractivity contribution in [3.05, 3.63) is 48.2 Å². The molecule has 0 bridgehead atoms. The van der Waals surface area contributed by atoms with Crippen LogP contribution >= 0.6 is 0 Å². The van der Waals surface area contributed by atoms with Gasteiger partial charge in [-0.05, 0) is 12.0 Å². The van der Waals surface area contributed by atoms with E-state index in [9.17, 15) is 0 Å². The summed E-state index contributed by atoms with van der Waals surface area (Å²) in [5.41, 5.74) is 1.23. The Morgan fingerprint density at radius 2 is 2.07 bits per heavy atom. The first-order valence-electron chi connectivity index (χ1n) is 5.27. The molecule has 2 nitrogen and oxygen atoms in total. The minimum Gasteiger partial charge on any atom is -0.377 e. The zero-order valence-electron chi connectivity index (χ0n) is 8.67. The van der Waals surface area contributed by atoms with Crippen LogP contribution in [0, 0.1) is 5.92 Å². The van der Waals surface area contributed by atoms with E-state index in [4.69, 9.17) is 4.74 Å². The second kappa shape index (κ2) is 5.47. The molecule has 1 heterocycles. The first-order chi connectivity index (χ1) is 7.45. The molecule has 0 fully saturated rings. The van der Waals surface area contributed by atoms with E-state index in [1.54, 1.807) is 0 Å². The Balaban J connectivity index is 1.63. The second-order valence-electron chi connectivity index (χ2n) is 3.63. The van der Waals surface area contributed by atoms with Gasteiger partial charge in [-0.1, -0.05) is 36.4 Å². The molecule has 0 N–H and O–H groups in total. The lowest BCUT2D eigenvalue weighted by Crippen LogP contribution is -2.02. The van der Waals surface area contributed by atoms with Crippen LogP contribution in [0.25, 0.3) is 0 Å². The number of hydrogen-bond donors (Lipinski definition) is 0. The van der Waals surface area contributed by atoms with Gasteiger partial charge in [0.15, 0.2) is 0 Å². The molecule has 1 aromatic rings. The molecule has 15 heavy (non-hydrogen) atoms. The lowest BCUT2D eigenvalue weighted by molar-refractivity contribution is 0.116. The van der Waals surface area contributed by atoms with Crippen LogP contribution in [0.15, 0.2) is 47.6 Å². The fourth-order valence-corrected chi connectivity index (χ4v) is 1.52. The number of benzene rings is 1. The molecule has 0 aromatic heterocycles. The number of nitrogens with zero attached hydrogens (tertiary/aromatic N) is 1. The summed E-state index contributed by atoms with van der Waals surface area (Å²) in [4.78, 5) is 4.04. The Kier molecular flexibility index (Phi) is 3.69. The van der Waals surface area contributed by atoms with E-state index in [2.05, 4.69) is 23.2 Å². The first kappa shape index (κ1) is 10.1. The maximum Gasteiger partial charge on any atom is 0.0716 e. The van der Waals surface area contributed by atoms with Crippen LogP contribution in [0.4, 0.5) is 0 Å². The summed E-state index contributed by atoms with van der Waals surface area (Å²) >= 11 is 0. The van der Waals surface area contributed by atoms with Crippen molar-refractivity contribution in [1.29, 1.82) is 0 Å².